The van der Waals surface area contributed by atoms with E-state index in [-0.39, 0.29) is 9.80 Å². The van der Waals surface area contributed by atoms with E-state index >= 15 is 0 Å². The van der Waals surface area contributed by atoms with Gasteiger partial charge in [0.2, 0.25) is 0 Å². The molecular formula is C102H162N6O12. The van der Waals surface area contributed by atoms with Gasteiger partial charge in [0.15, 0.2) is 0 Å². The second-order valence-corrected chi connectivity index (χ2v) is 23.4. The minimum atomic E-state index is -4.95. The van der Waals surface area contributed by atoms with E-state index < -0.39 is 606 Å². The molecule has 672 valence electrons. The van der Waals surface area contributed by atoms with E-state index in [0.29, 0.717) is 11.9 Å². The number of hydrogen-bond acceptors (Lipinski definition) is 18. The van der Waals surface area contributed by atoms with E-state index in [1.807, 2.05) is 0 Å². The molecule has 0 amide bonds. The lowest BCUT2D eigenvalue weighted by Gasteiger charge is -2.40. The van der Waals surface area contributed by atoms with Gasteiger partial charge >= 0.3 is 0 Å². The molecule has 120 heavy (non-hydrogen) atoms. The van der Waals surface area contributed by atoms with E-state index in [1.54, 1.807) is 0 Å². The van der Waals surface area contributed by atoms with Crippen LogP contribution in [0.15, 0.2) is 145 Å². The smallest absolute Gasteiger partial charge is 0.118 e. The highest BCUT2D eigenvalue weighted by Gasteiger charge is 2.45. The fourth-order valence-electron chi connectivity index (χ4n) is 9.02. The number of aliphatic hydroxyl groups is 6. The molecule has 12 rings (SSSR count). The Bertz CT molecular complexity index is 9960. The summed E-state index contributed by atoms with van der Waals surface area (Å²) in [7, 11) is -14.8. The largest absolute Gasteiger partial charge is 0.497 e. The van der Waals surface area contributed by atoms with E-state index in [4.69, 9.17) is 173 Å². The minimum absolute atomic E-state index is 0.220. The number of benzene rings is 6. The lowest BCUT2D eigenvalue weighted by molar-refractivity contribution is -0.0280. The van der Waals surface area contributed by atoms with Gasteiger partial charge < -0.3 is 88.5 Å². The summed E-state index contributed by atoms with van der Waals surface area (Å²) in [6, 6.07) is -35.4. The molecule has 6 aliphatic rings. The fourth-order valence-corrected chi connectivity index (χ4v) is 9.02. The van der Waals surface area contributed by atoms with Crippen molar-refractivity contribution >= 4 is 0 Å². The molecular weight excluding hydrogens is 1500 g/mol. The van der Waals surface area contributed by atoms with Crippen molar-refractivity contribution in [3.8, 4) is 34.5 Å². The van der Waals surface area contributed by atoms with Crippen molar-refractivity contribution in [1.29, 1.82) is 0 Å². The third-order valence-electron chi connectivity index (χ3n) is 14.1. The van der Waals surface area contributed by atoms with Crippen molar-refractivity contribution in [3.05, 3.63) is 178 Å². The Morgan fingerprint density at radius 2 is 0.475 bits per heavy atom. The quantitative estimate of drug-likeness (QED) is 0.0249. The maximum absolute atomic E-state index is 12.1. The van der Waals surface area contributed by atoms with Crippen molar-refractivity contribution in [2.75, 3.05) is 165 Å². The summed E-state index contributed by atoms with van der Waals surface area (Å²) in [5.74, 6) is -31.8. The monoisotopic (exact) mass is 1800 g/mol. The molecule has 0 bridgehead atoms. The van der Waals surface area contributed by atoms with Crippen LogP contribution in [-0.2, 0) is 0 Å². The first-order valence-corrected chi connectivity index (χ1v) is 32.4. The van der Waals surface area contributed by atoms with Crippen LogP contribution in [-0.4, -0.2) is 259 Å². The Morgan fingerprint density at radius 3 is 0.708 bits per heavy atom. The summed E-state index contributed by atoms with van der Waals surface area (Å²) in [6.07, 6.45) is -129. The molecule has 0 aliphatic heterocycles. The van der Waals surface area contributed by atoms with Crippen LogP contribution in [0.3, 0.4) is 0 Å². The Kier molecular flexibility index (Phi) is 9.55. The minimum Gasteiger partial charge on any atom is -0.497 e. The van der Waals surface area contributed by atoms with Crippen LogP contribution < -0.4 is 28.4 Å². The average Bonchev–Trinajstić information content (AvgIpc) is 0.618. The van der Waals surface area contributed by atoms with Gasteiger partial charge in [0.25, 0.3) is 0 Å². The van der Waals surface area contributed by atoms with Crippen molar-refractivity contribution < 1.29 is 239 Å². The number of rotatable bonds is 30. The molecule has 6 N–H and O–H groups in total. The maximum Gasteiger partial charge on any atom is 0.118 e. The van der Waals surface area contributed by atoms with E-state index in [0.717, 1.165) is 26.0 Å². The molecule has 18 nitrogen and oxygen atoms in total. The predicted molar refractivity (Wildman–Crippen MR) is 494 cm³/mol. The van der Waals surface area contributed by atoms with Gasteiger partial charge in [-0.15, -0.1) is 0 Å². The topological polar surface area (TPSA) is 196 Å². The summed E-state index contributed by atoms with van der Waals surface area (Å²) in [4.78, 5) is -0.316. The van der Waals surface area contributed by atoms with Gasteiger partial charge in [0, 0.05) is 197 Å². The summed E-state index contributed by atoms with van der Waals surface area (Å²) >= 11 is 0. The van der Waals surface area contributed by atoms with Crippen molar-refractivity contribution in [1.82, 2.24) is 29.4 Å². The maximum atomic E-state index is 12.1. The van der Waals surface area contributed by atoms with E-state index in [1.165, 1.54) is 14.1 Å². The molecule has 6 atom stereocenters. The molecule has 6 saturated carbocycles. The molecule has 6 aliphatic carbocycles. The summed E-state index contributed by atoms with van der Waals surface area (Å²) in [5.41, 5.74) is -37.6. The van der Waals surface area contributed by atoms with Gasteiger partial charge in [-0.3, -0.25) is 0 Å². The molecule has 0 saturated heterocycles. The first kappa shape index (κ1) is 23.0. The lowest BCUT2D eigenvalue weighted by atomic mass is 9.72. The third-order valence-corrected chi connectivity index (χ3v) is 14.1. The highest BCUT2D eigenvalue weighted by Crippen LogP contribution is 2.47. The average molecular weight is 1800 g/mol. The molecule has 0 aromatic heterocycles. The fraction of sp³-hybridized carbons (Fsp3) is 0.647. The Labute approximate surface area is 910 Å². The van der Waals surface area contributed by atoms with Gasteiger partial charge in [-0.05, 0) is 267 Å². The van der Waals surface area contributed by atoms with E-state index in [9.17, 15) is 37.5 Å². The summed E-state index contributed by atoms with van der Waals surface area (Å²) in [5, 5.41) is 72.2. The summed E-state index contributed by atoms with van der Waals surface area (Å²) in [6.45, 7) is -40.3. The van der Waals surface area contributed by atoms with Crippen LogP contribution >= 0.6 is 0 Å². The molecule has 0 radical (unpaired) electrons. The zero-order valence-electron chi connectivity index (χ0n) is 194. The lowest BCUT2D eigenvalue weighted by Crippen LogP contribution is -2.42. The Balaban J connectivity index is 0.000000395. The number of nitrogens with zero attached hydrogens (tertiary/aromatic N) is 6. The third kappa shape index (κ3) is 31.1. The van der Waals surface area contributed by atoms with Crippen LogP contribution in [0.5, 0.6) is 34.5 Å². The number of likely N-dealkylation sites (N-methyl/N-ethyl adjacent to an activating group) is 6. The molecule has 6 unspecified atom stereocenters. The van der Waals surface area contributed by atoms with Gasteiger partial charge in [0.1, 0.15) is 34.5 Å². The highest BCUT2D eigenvalue weighted by molar-refractivity contribution is 5.37. The second kappa shape index (κ2) is 50.0. The molecule has 6 aromatic carbocycles. The van der Waals surface area contributed by atoms with Crippen LogP contribution in [0, 0.1) is 0 Å². The molecule has 6 fully saturated rings. The predicted octanol–water partition coefficient (Wildman–Crippen LogP) is 18.2. The summed E-state index contributed by atoms with van der Waals surface area (Å²) < 4.78 is 1090. The van der Waals surface area contributed by atoms with Crippen LogP contribution in [0.2, 0.25) is 0 Å². The molecule has 0 spiro atoms. The normalized spacial score (nSPS) is 51.4. The Morgan fingerprint density at radius 1 is 0.267 bits per heavy atom. The van der Waals surface area contributed by atoms with Crippen LogP contribution in [0.25, 0.3) is 0 Å². The van der Waals surface area contributed by atoms with Crippen molar-refractivity contribution in [3.63, 3.8) is 0 Å². The zero-order chi connectivity index (χ0) is 202. The van der Waals surface area contributed by atoms with Gasteiger partial charge in [-0.2, -0.15) is 0 Å². The van der Waals surface area contributed by atoms with Crippen molar-refractivity contribution in [2.45, 2.75) is 260 Å². The number of hydrogen-bond donors (Lipinski definition) is 6. The van der Waals surface area contributed by atoms with E-state index in [2.05, 4.69) is 28.4 Å². The van der Waals surface area contributed by atoms with Crippen molar-refractivity contribution in [2.24, 2.45) is 0 Å². The van der Waals surface area contributed by atoms with Gasteiger partial charge in [-0.25, -0.2) is 0 Å². The van der Waals surface area contributed by atoms with Gasteiger partial charge in [0.05, 0.1) is 133 Å². The first-order chi connectivity index (χ1) is 108. The SMILES string of the molecule is [2H]c1c([2H])c(C(C([2H])([2H])N(C([2H])([2H])[2H])C([2H])([2H])[2H])C2(O)C([2H])([2H])C([2H])([2H])C([2H])([2H])C([2H])([2H])C2([2H])[2H])c([2H])c([2H])c1OC([2H])([2H])[2H].[2H]c1c([2H])c(C([2H])(C([2H])([2H])N(C)C([2H])([2H])[2H])C2(O)C([2H])([2H])C([2H])([2H])C([2H])([2H])C([2H])([2H])C2([2H])[2H])c([2H])c([2H])c1OC([2H])([2H])[2H].[2H]c1c([2H])c(C([2H])(C([2H])([2H])N(C)C)C2(O)C([2H])([2H])C([2H])([2H])C([2H])([2H])C([2H])([2H])C2([2H])[2H])c([2H])c([2H])c1OC([2H])([2H])[2H].[2H]c1c([2H])c(C([2H])(CN(C([2H])([2H])[2H])C([2H])([2H])[2H])C2(O)C([2H])([2H])C([2H])([2H])C([2H])([2H])C([2H])([2H])C2([2H])[2H])c([2H])c([2H])c1OC([2H])([2H])[2H].[2H]c1c([2H])c(C([2H])(CN(C)C([2H])([2H])[2H])C2(O)C([2H])([2H])C([2H])([2H])C([2H])([2H])C([2H])([2H])C2([2H])[2H])c([2H])c([2H])c1OC([2H])([2H])[2H].[2H]c1c([2H])c(C([2H])(CN(C)C)C2(O)C([2H])([2H])C([2H])([2H])C([2H])([2H])C([2H])([2H])C2([2H])[2H])c([2H])c([2H])c1OC([2H])([2H])[2H]. The molecule has 6 aromatic rings. The standard InChI is InChI=1S/6C17H27NO2/c6*1-18(2)13-16(17(19)11-5-4-6-12-17)14-7-9-15(20-3)10-8-14/h6*7-10,16,19H,4-6,11-13H2,1-3H3/i1D3,3D3,4D2,5D2,6D2,7D,8D,9D,10D,11D2,12D2,13D2,16D;1D3,2D3,3D3,4D2,5D2,6D2,7D,8D,9D,10D,11D2,12D2,16D;1D3,2D3,3D3,4D2,5D2,6D2,7D,8D,9D,10D,11D2,12D2,13D2;3D3,4D2,5D2,6D2,7D,8D,9D,10D,11D2,12D2,13D2,16D;1D3,3D3,4D2,5D2,6D2,7D,8D,9D,10D,11D2,12D2,16D;3D3,4D2,5D2,6D2,7D,8D,9D,10D,11D2,12D2,16D. The first-order valence-electron chi connectivity index (χ1n) is 97.9. The zero-order valence-corrected chi connectivity index (χ0v) is 62.5. The number of ether oxygens (including phenoxy) is 6. The highest BCUT2D eigenvalue weighted by atomic mass is 16.5. The molecule has 18 heteroatoms. The number of methoxy groups -OCH3 is 6. The second-order valence-electron chi connectivity index (χ2n) is 23.4. The molecule has 0 heterocycles. The van der Waals surface area contributed by atoms with Crippen LogP contribution in [0.4, 0.5) is 0 Å². The Hall–Kier alpha value is -6.36. The van der Waals surface area contributed by atoms with Crippen LogP contribution in [0.1, 0.15) is 440 Å². The van der Waals surface area contributed by atoms with Gasteiger partial charge in [-0.1, -0.05) is 187 Å².